The summed E-state index contributed by atoms with van der Waals surface area (Å²) in [6.45, 7) is 0. The van der Waals surface area contributed by atoms with Crippen molar-refractivity contribution in [2.75, 3.05) is 12.0 Å². The van der Waals surface area contributed by atoms with Gasteiger partial charge in [-0.1, -0.05) is 0 Å². The highest BCUT2D eigenvalue weighted by Gasteiger charge is 2.50. The molecular formula is C11H15NO5S. The molecule has 0 radical (unpaired) electrons. The Morgan fingerprint density at radius 2 is 2.00 bits per heavy atom. The van der Waals surface area contributed by atoms with E-state index in [9.17, 15) is 19.5 Å². The van der Waals surface area contributed by atoms with Crippen LogP contribution in [0.2, 0.25) is 0 Å². The molecule has 3 atom stereocenters. The Morgan fingerprint density at radius 3 is 2.44 bits per heavy atom. The number of nitrogens with zero attached hydrogens (tertiary/aromatic N) is 1. The number of rotatable bonds is 5. The minimum atomic E-state index is -1.13. The van der Waals surface area contributed by atoms with Gasteiger partial charge < -0.3 is 9.84 Å². The molecule has 2 fully saturated rings. The van der Waals surface area contributed by atoms with Crippen LogP contribution in [-0.4, -0.2) is 58.0 Å². The van der Waals surface area contributed by atoms with E-state index >= 15 is 0 Å². The van der Waals surface area contributed by atoms with E-state index in [2.05, 4.69) is 0 Å². The Kier molecular flexibility index (Phi) is 3.91. The van der Waals surface area contributed by atoms with Gasteiger partial charge in [0.05, 0.1) is 0 Å². The quantitative estimate of drug-likeness (QED) is 0.716. The maximum atomic E-state index is 12.0. The van der Waals surface area contributed by atoms with Crippen LogP contribution < -0.4 is 0 Å². The molecule has 0 aliphatic carbocycles. The zero-order chi connectivity index (χ0) is 13.3. The second kappa shape index (κ2) is 5.27. The average molecular weight is 273 g/mol. The van der Waals surface area contributed by atoms with Crippen molar-refractivity contribution in [2.45, 2.75) is 37.5 Å². The zero-order valence-electron chi connectivity index (χ0n) is 10.00. The molecule has 2 saturated heterocycles. The molecule has 6 nitrogen and oxygen atoms in total. The van der Waals surface area contributed by atoms with Crippen LogP contribution in [0.4, 0.5) is 0 Å². The maximum Gasteiger partial charge on any atom is 0.326 e. The number of morpholine rings is 1. The van der Waals surface area contributed by atoms with Crippen LogP contribution in [0.3, 0.4) is 0 Å². The number of carboxylic acids is 1. The van der Waals surface area contributed by atoms with E-state index in [1.165, 1.54) is 11.8 Å². The largest absolute Gasteiger partial charge is 0.480 e. The standard InChI is InChI=1S/C11H15NO5S/c1-18-5-4-6(11(15)16)12-9(13)7-2-3-8(17-7)10(12)14/h6-8H,2-5H2,1H3,(H,15,16). The molecule has 2 amide bonds. The van der Waals surface area contributed by atoms with Gasteiger partial charge >= 0.3 is 5.97 Å². The van der Waals surface area contributed by atoms with Crippen LogP contribution in [0.15, 0.2) is 0 Å². The molecule has 18 heavy (non-hydrogen) atoms. The second-order valence-corrected chi connectivity index (χ2v) is 5.36. The number of carbonyl (C=O) groups is 3. The van der Waals surface area contributed by atoms with Crippen molar-refractivity contribution in [2.24, 2.45) is 0 Å². The molecule has 0 spiro atoms. The Morgan fingerprint density at radius 1 is 1.44 bits per heavy atom. The molecule has 0 aromatic carbocycles. The fourth-order valence-electron chi connectivity index (χ4n) is 2.32. The molecule has 2 heterocycles. The molecule has 100 valence electrons. The third-order valence-corrected chi connectivity index (χ3v) is 3.88. The number of thioether (sulfide) groups is 1. The SMILES string of the molecule is CSCCC(C(=O)O)N1C(=O)C2CCC(O2)C1=O. The van der Waals surface area contributed by atoms with Crippen LogP contribution >= 0.6 is 11.8 Å². The smallest absolute Gasteiger partial charge is 0.326 e. The van der Waals surface area contributed by atoms with Crippen LogP contribution in [0.5, 0.6) is 0 Å². The van der Waals surface area contributed by atoms with Crippen molar-refractivity contribution in [1.82, 2.24) is 4.90 Å². The van der Waals surface area contributed by atoms with Gasteiger partial charge in [-0.3, -0.25) is 14.5 Å². The molecule has 2 aliphatic rings. The van der Waals surface area contributed by atoms with Crippen molar-refractivity contribution in [3.05, 3.63) is 0 Å². The maximum absolute atomic E-state index is 12.0. The Bertz CT molecular complexity index is 364. The van der Waals surface area contributed by atoms with Gasteiger partial charge in [-0.05, 0) is 31.3 Å². The summed E-state index contributed by atoms with van der Waals surface area (Å²) < 4.78 is 5.25. The van der Waals surface area contributed by atoms with E-state index in [0.29, 0.717) is 18.6 Å². The first kappa shape index (κ1) is 13.4. The fourth-order valence-corrected chi connectivity index (χ4v) is 2.78. The van der Waals surface area contributed by atoms with Crippen LogP contribution in [0.1, 0.15) is 19.3 Å². The number of ether oxygens (including phenoxy) is 1. The van der Waals surface area contributed by atoms with Gasteiger partial charge in [-0.25, -0.2) is 4.79 Å². The van der Waals surface area contributed by atoms with Gasteiger partial charge in [0, 0.05) is 0 Å². The van der Waals surface area contributed by atoms with E-state index in [0.717, 1.165) is 4.90 Å². The summed E-state index contributed by atoms with van der Waals surface area (Å²) in [5, 5.41) is 9.18. The minimum Gasteiger partial charge on any atom is -0.480 e. The number of likely N-dealkylation sites (tertiary alicyclic amines) is 1. The highest BCUT2D eigenvalue weighted by molar-refractivity contribution is 7.98. The number of imide groups is 1. The number of carboxylic acid groups (broad SMARTS) is 1. The number of hydrogen-bond donors (Lipinski definition) is 1. The first-order chi connectivity index (χ1) is 8.56. The molecule has 1 N–H and O–H groups in total. The average Bonchev–Trinajstić information content (AvgIpc) is 2.77. The summed E-state index contributed by atoms with van der Waals surface area (Å²) >= 11 is 1.49. The van der Waals surface area contributed by atoms with E-state index in [1.807, 2.05) is 6.26 Å². The van der Waals surface area contributed by atoms with Gasteiger partial charge in [-0.15, -0.1) is 0 Å². The lowest BCUT2D eigenvalue weighted by atomic mass is 10.1. The topological polar surface area (TPSA) is 83.9 Å². The molecule has 2 bridgehead atoms. The second-order valence-electron chi connectivity index (χ2n) is 4.37. The monoisotopic (exact) mass is 273 g/mol. The van der Waals surface area contributed by atoms with Gasteiger partial charge in [0.15, 0.2) is 0 Å². The third-order valence-electron chi connectivity index (χ3n) is 3.24. The van der Waals surface area contributed by atoms with Crippen LogP contribution in [0.25, 0.3) is 0 Å². The lowest BCUT2D eigenvalue weighted by Gasteiger charge is -2.33. The van der Waals surface area contributed by atoms with E-state index in [-0.39, 0.29) is 6.42 Å². The van der Waals surface area contributed by atoms with E-state index in [4.69, 9.17) is 4.74 Å². The lowest BCUT2D eigenvalue weighted by Crippen LogP contribution is -2.58. The first-order valence-electron chi connectivity index (χ1n) is 5.80. The Balaban J connectivity index is 2.20. The number of hydrogen-bond acceptors (Lipinski definition) is 5. The Labute approximate surface area is 109 Å². The summed E-state index contributed by atoms with van der Waals surface area (Å²) in [5.74, 6) is -1.54. The number of amides is 2. The number of aliphatic carboxylic acids is 1. The van der Waals surface area contributed by atoms with Gasteiger partial charge in [0.25, 0.3) is 11.8 Å². The molecule has 0 saturated carbocycles. The molecule has 2 rings (SSSR count). The minimum absolute atomic E-state index is 0.271. The molecule has 0 aromatic heterocycles. The van der Waals surface area contributed by atoms with Crippen LogP contribution in [-0.2, 0) is 19.1 Å². The number of fused-ring (bicyclic) bond motifs is 2. The van der Waals surface area contributed by atoms with Crippen LogP contribution in [0, 0.1) is 0 Å². The predicted molar refractivity (Wildman–Crippen MR) is 64.2 cm³/mol. The highest BCUT2D eigenvalue weighted by atomic mass is 32.2. The summed E-state index contributed by atoms with van der Waals surface area (Å²) in [6, 6.07) is -1.07. The summed E-state index contributed by atoms with van der Waals surface area (Å²) in [5.41, 5.74) is 0. The Hall–Kier alpha value is -1.08. The van der Waals surface area contributed by atoms with Gasteiger partial charge in [-0.2, -0.15) is 11.8 Å². The molecule has 2 aliphatic heterocycles. The normalized spacial score (nSPS) is 28.6. The molecule has 3 unspecified atom stereocenters. The summed E-state index contributed by atoms with van der Waals surface area (Å²) in [6.07, 6.45) is 1.85. The number of carbonyl (C=O) groups excluding carboxylic acids is 2. The summed E-state index contributed by atoms with van der Waals surface area (Å²) in [7, 11) is 0. The van der Waals surface area contributed by atoms with E-state index < -0.39 is 36.0 Å². The van der Waals surface area contributed by atoms with Crippen molar-refractivity contribution < 1.29 is 24.2 Å². The first-order valence-corrected chi connectivity index (χ1v) is 7.19. The van der Waals surface area contributed by atoms with Crippen molar-refractivity contribution in [3.63, 3.8) is 0 Å². The molecule has 0 aromatic rings. The fraction of sp³-hybridized carbons (Fsp3) is 0.727. The van der Waals surface area contributed by atoms with E-state index in [1.54, 1.807) is 0 Å². The highest BCUT2D eigenvalue weighted by Crippen LogP contribution is 2.30. The predicted octanol–water partition coefficient (Wildman–Crippen LogP) is 0.109. The molecule has 7 heteroatoms. The van der Waals surface area contributed by atoms with Crippen molar-refractivity contribution >= 4 is 29.5 Å². The zero-order valence-corrected chi connectivity index (χ0v) is 10.8. The van der Waals surface area contributed by atoms with Crippen molar-refractivity contribution in [1.29, 1.82) is 0 Å². The van der Waals surface area contributed by atoms with Gasteiger partial charge in [0.1, 0.15) is 18.2 Å². The summed E-state index contributed by atoms with van der Waals surface area (Å²) in [4.78, 5) is 36.2. The molecular weight excluding hydrogens is 258 g/mol. The van der Waals surface area contributed by atoms with Crippen molar-refractivity contribution in [3.8, 4) is 0 Å². The third kappa shape index (κ3) is 2.24. The lowest BCUT2D eigenvalue weighted by molar-refractivity contribution is -0.176. The van der Waals surface area contributed by atoms with Gasteiger partial charge in [0.2, 0.25) is 0 Å².